The van der Waals surface area contributed by atoms with Crippen LogP contribution >= 0.6 is 0 Å². The molecule has 0 aliphatic rings. The van der Waals surface area contributed by atoms with E-state index in [4.69, 9.17) is 0 Å². The summed E-state index contributed by atoms with van der Waals surface area (Å²) in [6.07, 6.45) is 2.51. The highest BCUT2D eigenvalue weighted by atomic mass is 32.2. The summed E-state index contributed by atoms with van der Waals surface area (Å²) in [5.74, 6) is -1.24. The Labute approximate surface area is 92.2 Å². The van der Waals surface area contributed by atoms with Gasteiger partial charge in [-0.05, 0) is 18.7 Å². The molecule has 0 bridgehead atoms. The number of halogens is 3. The Morgan fingerprint density at radius 3 is 2.25 bits per heavy atom. The van der Waals surface area contributed by atoms with Crippen molar-refractivity contribution < 1.29 is 26.7 Å². The predicted octanol–water partition coefficient (Wildman–Crippen LogP) is 1.57. The van der Waals surface area contributed by atoms with Gasteiger partial charge < -0.3 is 5.11 Å². The molecular weight excluding hydrogens is 247 g/mol. The van der Waals surface area contributed by atoms with Gasteiger partial charge in [0.15, 0.2) is 0 Å². The van der Waals surface area contributed by atoms with E-state index in [-0.39, 0.29) is 6.42 Å². The van der Waals surface area contributed by atoms with Crippen LogP contribution in [0.5, 0.6) is 0 Å². The molecule has 0 spiro atoms. The zero-order valence-corrected chi connectivity index (χ0v) is 9.57. The van der Waals surface area contributed by atoms with Crippen LogP contribution in [0.25, 0.3) is 0 Å². The minimum absolute atomic E-state index is 0.269. The predicted molar refractivity (Wildman–Crippen MR) is 51.2 cm³/mol. The SMILES string of the molecule is CCCCCC/C([O-])=N/S(=O)(=O)C(F)(F)F. The van der Waals surface area contributed by atoms with E-state index in [2.05, 4.69) is 4.40 Å². The van der Waals surface area contributed by atoms with Gasteiger partial charge in [-0.15, -0.1) is 0 Å². The van der Waals surface area contributed by atoms with E-state index >= 15 is 0 Å². The molecular formula is C8H13F3NO3S-. The van der Waals surface area contributed by atoms with Crippen molar-refractivity contribution in [1.82, 2.24) is 0 Å². The number of hydrogen-bond acceptors (Lipinski definition) is 3. The molecule has 16 heavy (non-hydrogen) atoms. The molecule has 0 N–H and O–H groups in total. The van der Waals surface area contributed by atoms with Gasteiger partial charge in [-0.2, -0.15) is 26.0 Å². The number of hydrogen-bond donors (Lipinski definition) is 0. The van der Waals surface area contributed by atoms with Gasteiger partial charge in [0.1, 0.15) is 0 Å². The molecule has 0 saturated heterocycles. The molecule has 0 aromatic carbocycles. The van der Waals surface area contributed by atoms with Crippen molar-refractivity contribution in [3.63, 3.8) is 0 Å². The van der Waals surface area contributed by atoms with Gasteiger partial charge in [-0.3, -0.25) is 0 Å². The average molecular weight is 260 g/mol. The Morgan fingerprint density at radius 2 is 1.81 bits per heavy atom. The van der Waals surface area contributed by atoms with E-state index in [0.717, 1.165) is 12.8 Å². The molecule has 0 aliphatic heterocycles. The minimum atomic E-state index is -5.66. The van der Waals surface area contributed by atoms with Crippen molar-refractivity contribution in [3.8, 4) is 0 Å². The standard InChI is InChI=1S/C8H14F3NO3S/c1-2-3-4-5-6-7(13)12-16(14,15)8(9,10)11/h2-6H2,1H3,(H,12,13)/p-1. The van der Waals surface area contributed by atoms with Crippen LogP contribution < -0.4 is 5.11 Å². The fourth-order valence-corrected chi connectivity index (χ4v) is 1.40. The molecule has 0 radical (unpaired) electrons. The number of sulfonamides is 1. The molecule has 0 saturated carbocycles. The first-order valence-electron chi connectivity index (χ1n) is 4.78. The van der Waals surface area contributed by atoms with Crippen molar-refractivity contribution in [2.75, 3.05) is 0 Å². The van der Waals surface area contributed by atoms with E-state index in [1.54, 1.807) is 0 Å². The minimum Gasteiger partial charge on any atom is -0.861 e. The lowest BCUT2D eigenvalue weighted by Crippen LogP contribution is -2.26. The molecule has 0 atom stereocenters. The van der Waals surface area contributed by atoms with Gasteiger partial charge in [0.05, 0.1) is 0 Å². The van der Waals surface area contributed by atoms with Crippen LogP contribution in [0.2, 0.25) is 0 Å². The lowest BCUT2D eigenvalue weighted by molar-refractivity contribution is -0.218. The maximum atomic E-state index is 11.8. The lowest BCUT2D eigenvalue weighted by Gasteiger charge is -2.11. The molecule has 0 rings (SSSR count). The first-order chi connectivity index (χ1) is 7.20. The summed E-state index contributed by atoms with van der Waals surface area (Å²) in [5, 5.41) is 10.8. The summed E-state index contributed by atoms with van der Waals surface area (Å²) in [7, 11) is -5.66. The van der Waals surface area contributed by atoms with Gasteiger partial charge in [0.25, 0.3) is 0 Å². The Hall–Kier alpha value is -0.790. The Balaban J connectivity index is 4.33. The fourth-order valence-electron chi connectivity index (χ4n) is 0.934. The largest absolute Gasteiger partial charge is 0.861 e. The highest BCUT2D eigenvalue weighted by Crippen LogP contribution is 2.24. The van der Waals surface area contributed by atoms with E-state index < -0.39 is 21.4 Å². The second-order valence-electron chi connectivity index (χ2n) is 3.22. The van der Waals surface area contributed by atoms with Gasteiger partial charge >= 0.3 is 15.5 Å². The third-order valence-corrected chi connectivity index (χ3v) is 2.79. The zero-order chi connectivity index (χ0) is 12.8. The number of nitrogens with zero attached hydrogens (tertiary/aromatic N) is 1. The molecule has 0 heterocycles. The Bertz CT molecular complexity index is 335. The molecule has 0 fully saturated rings. The van der Waals surface area contributed by atoms with E-state index in [1.807, 2.05) is 6.92 Å². The molecule has 8 heteroatoms. The summed E-state index contributed by atoms with van der Waals surface area (Å²) in [6, 6.07) is 0. The Morgan fingerprint density at radius 1 is 1.25 bits per heavy atom. The van der Waals surface area contributed by atoms with Crippen LogP contribution in [-0.2, 0) is 10.0 Å². The molecule has 0 aromatic rings. The van der Waals surface area contributed by atoms with Crippen molar-refractivity contribution in [2.45, 2.75) is 44.5 Å². The second kappa shape index (κ2) is 6.07. The Kier molecular flexibility index (Phi) is 5.77. The molecule has 96 valence electrons. The van der Waals surface area contributed by atoms with Gasteiger partial charge in [-0.1, -0.05) is 26.2 Å². The van der Waals surface area contributed by atoms with E-state index in [9.17, 15) is 26.7 Å². The summed E-state index contributed by atoms with van der Waals surface area (Å²) < 4.78 is 58.5. The third-order valence-electron chi connectivity index (χ3n) is 1.76. The summed E-state index contributed by atoms with van der Waals surface area (Å²) in [4.78, 5) is 0. The van der Waals surface area contributed by atoms with Crippen LogP contribution in [0.4, 0.5) is 13.2 Å². The fraction of sp³-hybridized carbons (Fsp3) is 0.875. The van der Waals surface area contributed by atoms with Gasteiger partial charge in [0.2, 0.25) is 0 Å². The zero-order valence-electron chi connectivity index (χ0n) is 8.75. The summed E-state index contributed by atoms with van der Waals surface area (Å²) in [6.45, 7) is 1.93. The maximum absolute atomic E-state index is 11.8. The van der Waals surface area contributed by atoms with Crippen LogP contribution in [0.15, 0.2) is 4.40 Å². The highest BCUT2D eigenvalue weighted by Gasteiger charge is 2.45. The first-order valence-corrected chi connectivity index (χ1v) is 6.22. The highest BCUT2D eigenvalue weighted by molar-refractivity contribution is 7.91. The summed E-state index contributed by atoms with van der Waals surface area (Å²) in [5.41, 5.74) is -5.49. The van der Waals surface area contributed by atoms with Crippen molar-refractivity contribution in [3.05, 3.63) is 0 Å². The van der Waals surface area contributed by atoms with Crippen LogP contribution in [0, 0.1) is 0 Å². The van der Waals surface area contributed by atoms with Crippen molar-refractivity contribution in [2.24, 2.45) is 4.40 Å². The normalized spacial score (nSPS) is 14.1. The quantitative estimate of drug-likeness (QED) is 0.413. The maximum Gasteiger partial charge on any atom is 0.518 e. The smallest absolute Gasteiger partial charge is 0.518 e. The molecule has 0 amide bonds. The second-order valence-corrected chi connectivity index (χ2v) is 4.81. The van der Waals surface area contributed by atoms with Crippen molar-refractivity contribution in [1.29, 1.82) is 0 Å². The molecule has 0 aliphatic carbocycles. The topological polar surface area (TPSA) is 69.6 Å². The molecule has 0 unspecified atom stereocenters. The van der Waals surface area contributed by atoms with E-state index in [1.165, 1.54) is 0 Å². The number of unbranched alkanes of at least 4 members (excludes halogenated alkanes) is 3. The molecule has 0 aromatic heterocycles. The van der Waals surface area contributed by atoms with Crippen LogP contribution in [-0.4, -0.2) is 19.8 Å². The lowest BCUT2D eigenvalue weighted by atomic mass is 10.1. The van der Waals surface area contributed by atoms with Crippen LogP contribution in [0.3, 0.4) is 0 Å². The summed E-state index contributed by atoms with van der Waals surface area (Å²) >= 11 is 0. The van der Waals surface area contributed by atoms with E-state index in [0.29, 0.717) is 12.8 Å². The van der Waals surface area contributed by atoms with Crippen LogP contribution in [0.1, 0.15) is 39.0 Å². The monoisotopic (exact) mass is 260 g/mol. The average Bonchev–Trinajstić information content (AvgIpc) is 2.10. The van der Waals surface area contributed by atoms with Gasteiger partial charge in [-0.25, -0.2) is 0 Å². The van der Waals surface area contributed by atoms with Crippen molar-refractivity contribution >= 4 is 15.9 Å². The molecule has 4 nitrogen and oxygen atoms in total. The first kappa shape index (κ1) is 15.2. The number of alkyl halides is 3. The third kappa shape index (κ3) is 5.34. The number of rotatable bonds is 6. The van der Waals surface area contributed by atoms with Gasteiger partial charge in [0, 0.05) is 0 Å².